The Morgan fingerprint density at radius 1 is 1.38 bits per heavy atom. The molecule has 21 heavy (non-hydrogen) atoms. The first-order valence-electron chi connectivity index (χ1n) is 7.03. The highest BCUT2D eigenvalue weighted by atomic mass is 16.6. The van der Waals surface area contributed by atoms with Crippen molar-refractivity contribution in [2.24, 2.45) is 0 Å². The minimum absolute atomic E-state index is 0.0776. The van der Waals surface area contributed by atoms with E-state index in [1.54, 1.807) is 6.07 Å². The number of nitrogens with two attached hydrogens (primary N) is 1. The summed E-state index contributed by atoms with van der Waals surface area (Å²) in [5.41, 5.74) is 5.79. The zero-order valence-electron chi connectivity index (χ0n) is 12.6. The molecule has 0 aliphatic heterocycles. The van der Waals surface area contributed by atoms with Gasteiger partial charge in [-0.3, -0.25) is 19.8 Å². The molecule has 0 fully saturated rings. The van der Waals surface area contributed by atoms with E-state index in [1.807, 2.05) is 25.7 Å². The highest BCUT2D eigenvalue weighted by Crippen LogP contribution is 2.25. The lowest BCUT2D eigenvalue weighted by Crippen LogP contribution is -2.43. The molecule has 0 radical (unpaired) electrons. The number of likely N-dealkylation sites (N-methyl/N-ethyl adjacent to an activating group) is 1. The third kappa shape index (κ3) is 4.16. The number of hydrogen-bond donors (Lipinski definition) is 2. The van der Waals surface area contributed by atoms with Gasteiger partial charge in [0.05, 0.1) is 11.0 Å². The van der Waals surface area contributed by atoms with Crippen molar-refractivity contribution >= 4 is 23.0 Å². The summed E-state index contributed by atoms with van der Waals surface area (Å²) in [6.45, 7) is 7.46. The fourth-order valence-corrected chi connectivity index (χ4v) is 2.28. The Morgan fingerprint density at radius 2 is 2.00 bits per heavy atom. The lowest BCUT2D eigenvalue weighted by Gasteiger charge is -2.27. The zero-order chi connectivity index (χ0) is 16.0. The molecule has 1 amide bonds. The van der Waals surface area contributed by atoms with Gasteiger partial charge >= 0.3 is 0 Å². The number of carbonyl (C=O) groups excluding carboxylic acids is 1. The number of anilines is 2. The molecule has 1 rings (SSSR count). The van der Waals surface area contributed by atoms with E-state index in [0.717, 1.165) is 13.1 Å². The second-order valence-corrected chi connectivity index (χ2v) is 4.67. The topological polar surface area (TPSA) is 102 Å². The fraction of sp³-hybridized carbons (Fsp3) is 0.500. The second kappa shape index (κ2) is 7.58. The number of nitrogens with zero attached hydrogens (tertiary/aromatic N) is 2. The number of nitrogen functional groups attached to an aromatic ring is 1. The number of nitrogens with one attached hydrogen (secondary N) is 1. The SMILES string of the molecule is CCC(C(=O)Nc1ccc(N)c([N+](=O)[O-])c1)N(CC)CC. The molecule has 1 aromatic carbocycles. The normalized spacial score (nSPS) is 12.2. The lowest BCUT2D eigenvalue weighted by atomic mass is 10.1. The van der Waals surface area contributed by atoms with Crippen LogP contribution in [0.2, 0.25) is 0 Å². The maximum Gasteiger partial charge on any atom is 0.294 e. The van der Waals surface area contributed by atoms with Crippen LogP contribution < -0.4 is 11.1 Å². The van der Waals surface area contributed by atoms with Gasteiger partial charge in [0.15, 0.2) is 0 Å². The highest BCUT2D eigenvalue weighted by molar-refractivity contribution is 5.95. The van der Waals surface area contributed by atoms with E-state index in [9.17, 15) is 14.9 Å². The molecule has 0 saturated carbocycles. The summed E-state index contributed by atoms with van der Waals surface area (Å²) in [6.07, 6.45) is 0.671. The molecule has 7 nitrogen and oxygen atoms in total. The molecule has 1 aromatic rings. The molecular weight excluding hydrogens is 272 g/mol. The van der Waals surface area contributed by atoms with Gasteiger partial charge in [0.25, 0.3) is 5.69 Å². The Kier molecular flexibility index (Phi) is 6.10. The smallest absolute Gasteiger partial charge is 0.294 e. The van der Waals surface area contributed by atoms with E-state index in [1.165, 1.54) is 12.1 Å². The number of benzene rings is 1. The molecule has 7 heteroatoms. The maximum absolute atomic E-state index is 12.3. The lowest BCUT2D eigenvalue weighted by molar-refractivity contribution is -0.383. The van der Waals surface area contributed by atoms with E-state index in [4.69, 9.17) is 5.73 Å². The van der Waals surface area contributed by atoms with Gasteiger partial charge in [-0.2, -0.15) is 0 Å². The first-order valence-corrected chi connectivity index (χ1v) is 7.03. The van der Waals surface area contributed by atoms with Crippen LogP contribution in [0, 0.1) is 10.1 Å². The molecule has 0 saturated heterocycles. The number of rotatable bonds is 7. The van der Waals surface area contributed by atoms with Crippen molar-refractivity contribution in [1.82, 2.24) is 4.90 Å². The third-order valence-electron chi connectivity index (χ3n) is 3.44. The molecule has 0 aliphatic rings. The molecule has 0 heterocycles. The van der Waals surface area contributed by atoms with E-state index < -0.39 is 4.92 Å². The molecule has 0 aliphatic carbocycles. The Labute approximate surface area is 124 Å². The van der Waals surface area contributed by atoms with Crippen LogP contribution in [0.1, 0.15) is 27.2 Å². The molecule has 0 bridgehead atoms. The Hall–Kier alpha value is -2.15. The summed E-state index contributed by atoms with van der Waals surface area (Å²) in [6, 6.07) is 4.01. The predicted molar refractivity (Wildman–Crippen MR) is 83.1 cm³/mol. The molecule has 1 unspecified atom stereocenters. The van der Waals surface area contributed by atoms with Crippen molar-refractivity contribution in [2.75, 3.05) is 24.1 Å². The van der Waals surface area contributed by atoms with Gasteiger partial charge in [-0.1, -0.05) is 20.8 Å². The van der Waals surface area contributed by atoms with Gasteiger partial charge in [0, 0.05) is 11.8 Å². The molecule has 1 atom stereocenters. The van der Waals surface area contributed by atoms with Crippen LogP contribution in [0.4, 0.5) is 17.1 Å². The zero-order valence-corrected chi connectivity index (χ0v) is 12.6. The van der Waals surface area contributed by atoms with Gasteiger partial charge in [-0.15, -0.1) is 0 Å². The van der Waals surface area contributed by atoms with Crippen molar-refractivity contribution in [3.05, 3.63) is 28.3 Å². The number of amides is 1. The van der Waals surface area contributed by atoms with Crippen molar-refractivity contribution in [3.8, 4) is 0 Å². The Balaban J connectivity index is 2.91. The average molecular weight is 294 g/mol. The summed E-state index contributed by atoms with van der Waals surface area (Å²) >= 11 is 0. The quantitative estimate of drug-likeness (QED) is 0.456. The average Bonchev–Trinajstić information content (AvgIpc) is 2.46. The first-order chi connectivity index (χ1) is 9.94. The molecule has 116 valence electrons. The minimum Gasteiger partial charge on any atom is -0.393 e. The van der Waals surface area contributed by atoms with Crippen LogP contribution in [0.25, 0.3) is 0 Å². The minimum atomic E-state index is -0.563. The van der Waals surface area contributed by atoms with Crippen LogP contribution in [0.3, 0.4) is 0 Å². The molecular formula is C14H22N4O3. The van der Waals surface area contributed by atoms with Crippen molar-refractivity contribution in [2.45, 2.75) is 33.2 Å². The molecule has 3 N–H and O–H groups in total. The fourth-order valence-electron chi connectivity index (χ4n) is 2.28. The Morgan fingerprint density at radius 3 is 2.48 bits per heavy atom. The molecule has 0 spiro atoms. The van der Waals surface area contributed by atoms with Crippen LogP contribution in [0.5, 0.6) is 0 Å². The highest BCUT2D eigenvalue weighted by Gasteiger charge is 2.22. The summed E-state index contributed by atoms with van der Waals surface area (Å²) in [5.74, 6) is -0.166. The standard InChI is InChI=1S/C14H22N4O3/c1-4-12(17(5-2)6-3)14(19)16-10-7-8-11(15)13(9-10)18(20)21/h7-9,12H,4-6,15H2,1-3H3,(H,16,19). The summed E-state index contributed by atoms with van der Waals surface area (Å²) in [5, 5.41) is 13.6. The van der Waals surface area contributed by atoms with Crippen LogP contribution >= 0.6 is 0 Å². The van der Waals surface area contributed by atoms with Crippen LogP contribution in [-0.4, -0.2) is 34.9 Å². The van der Waals surface area contributed by atoms with Crippen molar-refractivity contribution < 1.29 is 9.72 Å². The Bertz CT molecular complexity index is 515. The summed E-state index contributed by atoms with van der Waals surface area (Å²) in [7, 11) is 0. The second-order valence-electron chi connectivity index (χ2n) is 4.67. The predicted octanol–water partition coefficient (Wildman–Crippen LogP) is 2.24. The summed E-state index contributed by atoms with van der Waals surface area (Å²) in [4.78, 5) is 24.7. The number of hydrogen-bond acceptors (Lipinski definition) is 5. The van der Waals surface area contributed by atoms with E-state index >= 15 is 0 Å². The maximum atomic E-state index is 12.3. The largest absolute Gasteiger partial charge is 0.393 e. The van der Waals surface area contributed by atoms with E-state index in [0.29, 0.717) is 12.1 Å². The van der Waals surface area contributed by atoms with Crippen molar-refractivity contribution in [1.29, 1.82) is 0 Å². The van der Waals surface area contributed by atoms with Gasteiger partial charge in [-0.25, -0.2) is 0 Å². The van der Waals surface area contributed by atoms with Gasteiger partial charge in [0.1, 0.15) is 5.69 Å². The number of carbonyl (C=O) groups is 1. The molecule has 0 aromatic heterocycles. The number of nitro benzene ring substituents is 1. The summed E-state index contributed by atoms with van der Waals surface area (Å²) < 4.78 is 0. The monoisotopic (exact) mass is 294 g/mol. The third-order valence-corrected chi connectivity index (χ3v) is 3.44. The van der Waals surface area contributed by atoms with Gasteiger partial charge in [0.2, 0.25) is 5.91 Å². The van der Waals surface area contributed by atoms with Gasteiger partial charge in [-0.05, 0) is 31.6 Å². The van der Waals surface area contributed by atoms with Gasteiger partial charge < -0.3 is 11.1 Å². The number of nitro groups is 1. The van der Waals surface area contributed by atoms with E-state index in [-0.39, 0.29) is 23.3 Å². The van der Waals surface area contributed by atoms with E-state index in [2.05, 4.69) is 5.32 Å². The first kappa shape index (κ1) is 16.9. The van der Waals surface area contributed by atoms with Crippen LogP contribution in [-0.2, 0) is 4.79 Å². The van der Waals surface area contributed by atoms with Crippen molar-refractivity contribution in [3.63, 3.8) is 0 Å². The van der Waals surface area contributed by atoms with Crippen LogP contribution in [0.15, 0.2) is 18.2 Å².